The second-order valence-electron chi connectivity index (χ2n) is 8.46. The maximum absolute atomic E-state index is 13.2. The first kappa shape index (κ1) is 21.6. The summed E-state index contributed by atoms with van der Waals surface area (Å²) in [4.78, 5) is 38.3. The van der Waals surface area contributed by atoms with Crippen LogP contribution in [-0.4, -0.2) is 65.9 Å². The Kier molecular flexibility index (Phi) is 6.11. The predicted molar refractivity (Wildman–Crippen MR) is 131 cm³/mol. The molecule has 2 aromatic heterocycles. The third kappa shape index (κ3) is 4.62. The SMILES string of the molecule is Cc1ccc(C(=O)Nc2cccc3c2C(=O)N(CCN2CCN(c4ccncc4)CC2)C3)s1. The number of hydrogen-bond donors (Lipinski definition) is 1. The van der Waals surface area contributed by atoms with E-state index >= 15 is 0 Å². The van der Waals surface area contributed by atoms with Gasteiger partial charge >= 0.3 is 0 Å². The molecule has 1 fully saturated rings. The van der Waals surface area contributed by atoms with Gasteiger partial charge in [-0.05, 0) is 42.8 Å². The minimum Gasteiger partial charge on any atom is -0.369 e. The molecule has 2 amide bonds. The van der Waals surface area contributed by atoms with E-state index in [0.29, 0.717) is 29.2 Å². The first-order valence-corrected chi connectivity index (χ1v) is 12.1. The van der Waals surface area contributed by atoms with E-state index in [1.807, 2.05) is 66.7 Å². The highest BCUT2D eigenvalue weighted by Crippen LogP contribution is 2.30. The lowest BCUT2D eigenvalue weighted by atomic mass is 10.1. The van der Waals surface area contributed by atoms with Crippen LogP contribution in [0.25, 0.3) is 0 Å². The van der Waals surface area contributed by atoms with Crippen LogP contribution in [-0.2, 0) is 6.54 Å². The van der Waals surface area contributed by atoms with E-state index in [2.05, 4.69) is 20.1 Å². The second-order valence-corrected chi connectivity index (χ2v) is 9.75. The van der Waals surface area contributed by atoms with E-state index in [0.717, 1.165) is 43.2 Å². The van der Waals surface area contributed by atoms with Gasteiger partial charge in [-0.3, -0.25) is 19.5 Å². The van der Waals surface area contributed by atoms with Crippen LogP contribution >= 0.6 is 11.3 Å². The van der Waals surface area contributed by atoms with E-state index in [9.17, 15) is 9.59 Å². The number of nitrogens with zero attached hydrogens (tertiary/aromatic N) is 4. The summed E-state index contributed by atoms with van der Waals surface area (Å²) >= 11 is 1.45. The van der Waals surface area contributed by atoms with Gasteiger partial charge in [0.15, 0.2) is 0 Å². The summed E-state index contributed by atoms with van der Waals surface area (Å²) in [5.74, 6) is -0.168. The monoisotopic (exact) mass is 461 g/mol. The number of aromatic nitrogens is 1. The van der Waals surface area contributed by atoms with Crippen LogP contribution in [0.15, 0.2) is 54.9 Å². The maximum Gasteiger partial charge on any atom is 0.265 e. The minimum absolute atomic E-state index is 0.00122. The van der Waals surface area contributed by atoms with Crippen molar-refractivity contribution in [1.82, 2.24) is 14.8 Å². The molecule has 0 radical (unpaired) electrons. The van der Waals surface area contributed by atoms with Crippen LogP contribution in [0.1, 0.15) is 30.5 Å². The van der Waals surface area contributed by atoms with Gasteiger partial charge < -0.3 is 15.1 Å². The van der Waals surface area contributed by atoms with Gasteiger partial charge in [-0.1, -0.05) is 12.1 Å². The van der Waals surface area contributed by atoms with E-state index < -0.39 is 0 Å². The molecule has 3 aromatic rings. The Hall–Kier alpha value is -3.23. The fourth-order valence-corrected chi connectivity index (χ4v) is 5.25. The summed E-state index contributed by atoms with van der Waals surface area (Å²) in [5, 5.41) is 2.95. The number of aryl methyl sites for hydroxylation is 1. The van der Waals surface area contributed by atoms with Gasteiger partial charge in [-0.15, -0.1) is 11.3 Å². The molecular formula is C25H27N5O2S. The molecule has 33 heavy (non-hydrogen) atoms. The van der Waals surface area contributed by atoms with Gasteiger partial charge in [0.25, 0.3) is 11.8 Å². The van der Waals surface area contributed by atoms with Crippen molar-refractivity contribution in [2.45, 2.75) is 13.5 Å². The van der Waals surface area contributed by atoms with Crippen LogP contribution in [0.4, 0.5) is 11.4 Å². The number of rotatable bonds is 6. The van der Waals surface area contributed by atoms with Gasteiger partial charge in [-0.2, -0.15) is 0 Å². The van der Waals surface area contributed by atoms with Crippen molar-refractivity contribution in [3.63, 3.8) is 0 Å². The molecule has 1 saturated heterocycles. The molecule has 1 N–H and O–H groups in total. The Bertz CT molecular complexity index is 1150. The zero-order chi connectivity index (χ0) is 22.8. The molecular weight excluding hydrogens is 434 g/mol. The number of carbonyl (C=O) groups is 2. The number of pyridine rings is 1. The zero-order valence-electron chi connectivity index (χ0n) is 18.7. The molecule has 4 heterocycles. The molecule has 7 nitrogen and oxygen atoms in total. The topological polar surface area (TPSA) is 68.8 Å². The minimum atomic E-state index is -0.167. The molecule has 2 aliphatic rings. The van der Waals surface area contributed by atoms with Crippen molar-refractivity contribution in [1.29, 1.82) is 0 Å². The fraction of sp³-hybridized carbons (Fsp3) is 0.320. The van der Waals surface area contributed by atoms with Crippen LogP contribution in [0.5, 0.6) is 0 Å². The fourth-order valence-electron chi connectivity index (χ4n) is 4.49. The highest BCUT2D eigenvalue weighted by atomic mass is 32.1. The van der Waals surface area contributed by atoms with Crippen LogP contribution in [0, 0.1) is 6.92 Å². The highest BCUT2D eigenvalue weighted by Gasteiger charge is 2.31. The first-order valence-electron chi connectivity index (χ1n) is 11.2. The van der Waals surface area contributed by atoms with Crippen molar-refractivity contribution >= 4 is 34.5 Å². The summed E-state index contributed by atoms with van der Waals surface area (Å²) in [6.07, 6.45) is 3.66. The summed E-state index contributed by atoms with van der Waals surface area (Å²) in [6.45, 7) is 7.97. The van der Waals surface area contributed by atoms with Gasteiger partial charge in [-0.25, -0.2) is 0 Å². The number of piperazine rings is 1. The lowest BCUT2D eigenvalue weighted by Gasteiger charge is -2.36. The van der Waals surface area contributed by atoms with Crippen molar-refractivity contribution in [3.8, 4) is 0 Å². The summed E-state index contributed by atoms with van der Waals surface area (Å²) < 4.78 is 0. The van der Waals surface area contributed by atoms with Gasteiger partial charge in [0, 0.05) is 68.8 Å². The van der Waals surface area contributed by atoms with Gasteiger partial charge in [0.05, 0.1) is 16.1 Å². The molecule has 0 saturated carbocycles. The van der Waals surface area contributed by atoms with Crippen molar-refractivity contribution < 1.29 is 9.59 Å². The third-order valence-corrected chi connectivity index (χ3v) is 7.31. The molecule has 0 spiro atoms. The van der Waals surface area contributed by atoms with Crippen molar-refractivity contribution in [2.75, 3.05) is 49.5 Å². The summed E-state index contributed by atoms with van der Waals surface area (Å²) in [5.41, 5.74) is 3.41. The Morgan fingerprint density at radius 3 is 2.55 bits per heavy atom. The second kappa shape index (κ2) is 9.33. The molecule has 1 aromatic carbocycles. The van der Waals surface area contributed by atoms with E-state index in [4.69, 9.17) is 0 Å². The van der Waals surface area contributed by atoms with Crippen LogP contribution < -0.4 is 10.2 Å². The molecule has 0 atom stereocenters. The number of hydrogen-bond acceptors (Lipinski definition) is 6. The number of amides is 2. The number of carbonyl (C=O) groups excluding carboxylic acids is 2. The van der Waals surface area contributed by atoms with E-state index in [1.54, 1.807) is 0 Å². The smallest absolute Gasteiger partial charge is 0.265 e. The Labute approximate surface area is 197 Å². The first-order chi connectivity index (χ1) is 16.1. The van der Waals surface area contributed by atoms with Crippen molar-refractivity contribution in [2.24, 2.45) is 0 Å². The quantitative estimate of drug-likeness (QED) is 0.609. The Balaban J connectivity index is 1.18. The molecule has 5 rings (SSSR count). The lowest BCUT2D eigenvalue weighted by molar-refractivity contribution is 0.0757. The lowest BCUT2D eigenvalue weighted by Crippen LogP contribution is -2.48. The standard InChI is InChI=1S/C25H27N5O2S/c1-18-5-6-22(33-18)24(31)27-21-4-2-3-19-17-30(25(32)23(19)21)16-13-28-11-14-29(15-12-28)20-7-9-26-10-8-20/h2-10H,11-17H2,1H3,(H,27,31). The molecule has 2 aliphatic heterocycles. The van der Waals surface area contributed by atoms with Gasteiger partial charge in [0.1, 0.15) is 0 Å². The number of thiophene rings is 1. The third-order valence-electron chi connectivity index (χ3n) is 6.31. The molecule has 0 bridgehead atoms. The van der Waals surface area contributed by atoms with E-state index in [1.165, 1.54) is 17.0 Å². The van der Waals surface area contributed by atoms with Crippen LogP contribution in [0.3, 0.4) is 0 Å². The Morgan fingerprint density at radius 1 is 1.03 bits per heavy atom. The molecule has 0 aliphatic carbocycles. The average Bonchev–Trinajstić information content (AvgIpc) is 3.42. The number of benzene rings is 1. The summed E-state index contributed by atoms with van der Waals surface area (Å²) in [6, 6.07) is 13.5. The van der Waals surface area contributed by atoms with Gasteiger partial charge in [0.2, 0.25) is 0 Å². The van der Waals surface area contributed by atoms with Crippen LogP contribution in [0.2, 0.25) is 0 Å². The molecule has 170 valence electrons. The normalized spacial score (nSPS) is 16.2. The van der Waals surface area contributed by atoms with E-state index in [-0.39, 0.29) is 11.8 Å². The largest absolute Gasteiger partial charge is 0.369 e. The highest BCUT2D eigenvalue weighted by molar-refractivity contribution is 7.14. The zero-order valence-corrected chi connectivity index (χ0v) is 19.5. The molecule has 0 unspecified atom stereocenters. The number of nitrogens with one attached hydrogen (secondary N) is 1. The molecule has 8 heteroatoms. The maximum atomic E-state index is 13.2. The number of fused-ring (bicyclic) bond motifs is 1. The number of anilines is 2. The predicted octanol–water partition coefficient (Wildman–Crippen LogP) is 3.48. The average molecular weight is 462 g/mol. The Morgan fingerprint density at radius 2 is 1.82 bits per heavy atom. The summed E-state index contributed by atoms with van der Waals surface area (Å²) in [7, 11) is 0. The van der Waals surface area contributed by atoms with Crippen molar-refractivity contribution in [3.05, 3.63) is 75.7 Å².